The molecule has 0 aliphatic heterocycles. The fourth-order valence-electron chi connectivity index (χ4n) is 2.69. The lowest BCUT2D eigenvalue weighted by Crippen LogP contribution is -2.21. The number of hydrogen-bond donors (Lipinski definition) is 0. The van der Waals surface area contributed by atoms with Gasteiger partial charge in [0.1, 0.15) is 17.5 Å². The van der Waals surface area contributed by atoms with E-state index in [-0.39, 0.29) is 35.6 Å². The molecule has 0 saturated heterocycles. The molecule has 0 aliphatic rings. The van der Waals surface area contributed by atoms with E-state index in [9.17, 15) is 14.0 Å². The maximum Gasteiger partial charge on any atom is 0.360 e. The van der Waals surface area contributed by atoms with E-state index in [0.29, 0.717) is 17.1 Å². The molecule has 4 rings (SSSR count). The number of rotatable bonds is 5. The maximum atomic E-state index is 13.1. The van der Waals surface area contributed by atoms with Crippen molar-refractivity contribution in [1.82, 2.24) is 24.5 Å². The average molecular weight is 383 g/mol. The third kappa shape index (κ3) is 3.15. The lowest BCUT2D eigenvalue weighted by molar-refractivity contribution is 0.0514. The molecule has 0 saturated carbocycles. The number of ether oxygens (including phenoxy) is 1. The lowest BCUT2D eigenvalue weighted by Gasteiger charge is -2.04. The molecule has 10 heteroatoms. The van der Waals surface area contributed by atoms with Crippen LogP contribution in [-0.2, 0) is 11.3 Å². The zero-order valence-electron chi connectivity index (χ0n) is 14.7. The van der Waals surface area contributed by atoms with Gasteiger partial charge in [0.05, 0.1) is 25.0 Å². The van der Waals surface area contributed by atoms with Gasteiger partial charge in [0.25, 0.3) is 5.56 Å². The van der Waals surface area contributed by atoms with Crippen molar-refractivity contribution < 1.29 is 18.4 Å². The minimum absolute atomic E-state index is 0.0306. The highest BCUT2D eigenvalue weighted by molar-refractivity contribution is 5.87. The van der Waals surface area contributed by atoms with Crippen molar-refractivity contribution in [3.05, 3.63) is 70.5 Å². The summed E-state index contributed by atoms with van der Waals surface area (Å²) < 4.78 is 25.8. The van der Waals surface area contributed by atoms with Gasteiger partial charge < -0.3 is 9.26 Å². The number of carbonyl (C=O) groups is 1. The second kappa shape index (κ2) is 7.06. The van der Waals surface area contributed by atoms with Crippen LogP contribution in [0.2, 0.25) is 0 Å². The first-order valence-corrected chi connectivity index (χ1v) is 8.38. The van der Waals surface area contributed by atoms with Gasteiger partial charge in [-0.1, -0.05) is 5.16 Å². The minimum Gasteiger partial charge on any atom is -0.461 e. The molecule has 1 aromatic carbocycles. The van der Waals surface area contributed by atoms with Gasteiger partial charge in [-0.2, -0.15) is 5.10 Å². The minimum atomic E-state index is -0.598. The molecular weight excluding hydrogens is 369 g/mol. The second-order valence-electron chi connectivity index (χ2n) is 5.85. The summed E-state index contributed by atoms with van der Waals surface area (Å²) in [6.45, 7) is 1.94. The number of halogens is 1. The summed E-state index contributed by atoms with van der Waals surface area (Å²) in [5.74, 6) is -0.666. The largest absolute Gasteiger partial charge is 0.461 e. The van der Waals surface area contributed by atoms with Crippen LogP contribution in [-0.4, -0.2) is 37.1 Å². The normalized spacial score (nSPS) is 11.1. The third-order valence-corrected chi connectivity index (χ3v) is 4.00. The molecule has 3 aromatic heterocycles. The van der Waals surface area contributed by atoms with Gasteiger partial charge in [0.15, 0.2) is 17.1 Å². The molecule has 0 amide bonds. The van der Waals surface area contributed by atoms with E-state index >= 15 is 0 Å². The van der Waals surface area contributed by atoms with Crippen LogP contribution in [0, 0.1) is 5.82 Å². The quantitative estimate of drug-likeness (QED) is 0.485. The Balaban J connectivity index is 1.65. The molecule has 3 heterocycles. The summed E-state index contributed by atoms with van der Waals surface area (Å²) in [5.41, 5.74) is 0.614. The number of benzene rings is 1. The van der Waals surface area contributed by atoms with Crippen LogP contribution in [0.15, 0.2) is 52.2 Å². The van der Waals surface area contributed by atoms with Crippen LogP contribution in [0.3, 0.4) is 0 Å². The fourth-order valence-corrected chi connectivity index (χ4v) is 2.69. The zero-order valence-corrected chi connectivity index (χ0v) is 14.7. The Morgan fingerprint density at radius 3 is 2.82 bits per heavy atom. The first-order valence-electron chi connectivity index (χ1n) is 8.38. The van der Waals surface area contributed by atoms with E-state index in [1.54, 1.807) is 19.1 Å². The summed E-state index contributed by atoms with van der Waals surface area (Å²) in [6, 6.07) is 7.10. The molecule has 28 heavy (non-hydrogen) atoms. The Hall–Kier alpha value is -3.82. The average Bonchev–Trinajstić information content (AvgIpc) is 3.32. The Bertz CT molecular complexity index is 1210. The van der Waals surface area contributed by atoms with E-state index in [2.05, 4.69) is 15.2 Å². The van der Waals surface area contributed by atoms with E-state index < -0.39 is 5.97 Å². The van der Waals surface area contributed by atoms with Gasteiger partial charge in [-0.3, -0.25) is 9.36 Å². The number of fused-ring (bicyclic) bond motifs is 1. The van der Waals surface area contributed by atoms with Crippen molar-refractivity contribution in [2.24, 2.45) is 0 Å². The molecule has 4 aromatic rings. The van der Waals surface area contributed by atoms with Gasteiger partial charge in [-0.15, -0.1) is 0 Å². The Labute approximate surface area is 157 Å². The van der Waals surface area contributed by atoms with Crippen LogP contribution < -0.4 is 5.56 Å². The second-order valence-corrected chi connectivity index (χ2v) is 5.85. The maximum absolute atomic E-state index is 13.1. The smallest absolute Gasteiger partial charge is 0.360 e. The lowest BCUT2D eigenvalue weighted by atomic mass is 10.3. The number of aromatic nitrogens is 5. The fraction of sp³-hybridized carbons (Fsp3) is 0.167. The number of esters is 1. The topological polar surface area (TPSA) is 105 Å². The molecule has 0 spiro atoms. The van der Waals surface area contributed by atoms with Crippen molar-refractivity contribution in [3.63, 3.8) is 0 Å². The van der Waals surface area contributed by atoms with Gasteiger partial charge >= 0.3 is 5.97 Å². The van der Waals surface area contributed by atoms with Gasteiger partial charge in [-0.05, 0) is 31.2 Å². The molecule has 0 N–H and O–H groups in total. The van der Waals surface area contributed by atoms with Gasteiger partial charge in [0, 0.05) is 6.07 Å². The van der Waals surface area contributed by atoms with Crippen LogP contribution in [0.4, 0.5) is 4.39 Å². The summed E-state index contributed by atoms with van der Waals surface area (Å²) in [5, 5.41) is 8.10. The molecular formula is C18H14FN5O4. The predicted molar refractivity (Wildman–Crippen MR) is 94.6 cm³/mol. The molecule has 0 atom stereocenters. The summed E-state index contributed by atoms with van der Waals surface area (Å²) in [7, 11) is 0. The standard InChI is InChI=1S/C18H14FN5O4/c1-2-27-18(26)15-7-13(28-22-15)9-23-10-20-16-14(17(23)25)8-21-24(16)12-5-3-11(19)4-6-12/h3-8,10H,2,9H2,1H3. The highest BCUT2D eigenvalue weighted by Gasteiger charge is 2.16. The van der Waals surface area contributed by atoms with E-state index in [0.717, 1.165) is 0 Å². The number of carbonyl (C=O) groups excluding carboxylic acids is 1. The van der Waals surface area contributed by atoms with Crippen molar-refractivity contribution in [2.45, 2.75) is 13.5 Å². The Morgan fingerprint density at radius 2 is 2.07 bits per heavy atom. The highest BCUT2D eigenvalue weighted by Crippen LogP contribution is 2.14. The van der Waals surface area contributed by atoms with Crippen LogP contribution >= 0.6 is 0 Å². The van der Waals surface area contributed by atoms with Crippen molar-refractivity contribution in [3.8, 4) is 5.69 Å². The molecule has 0 aliphatic carbocycles. The van der Waals surface area contributed by atoms with Crippen molar-refractivity contribution >= 4 is 17.0 Å². The van der Waals surface area contributed by atoms with E-state index in [1.165, 1.54) is 40.0 Å². The molecule has 142 valence electrons. The van der Waals surface area contributed by atoms with Gasteiger partial charge in [-0.25, -0.2) is 18.9 Å². The van der Waals surface area contributed by atoms with Gasteiger partial charge in [0.2, 0.25) is 0 Å². The Morgan fingerprint density at radius 1 is 1.29 bits per heavy atom. The van der Waals surface area contributed by atoms with E-state index in [4.69, 9.17) is 9.26 Å². The Kier molecular flexibility index (Phi) is 4.44. The summed E-state index contributed by atoms with van der Waals surface area (Å²) in [6.07, 6.45) is 2.74. The van der Waals surface area contributed by atoms with E-state index in [1.807, 2.05) is 0 Å². The molecule has 0 bridgehead atoms. The summed E-state index contributed by atoms with van der Waals surface area (Å²) in [4.78, 5) is 28.7. The highest BCUT2D eigenvalue weighted by atomic mass is 19.1. The molecule has 0 radical (unpaired) electrons. The summed E-state index contributed by atoms with van der Waals surface area (Å²) >= 11 is 0. The first-order chi connectivity index (χ1) is 13.6. The molecule has 0 unspecified atom stereocenters. The number of hydrogen-bond acceptors (Lipinski definition) is 7. The van der Waals surface area contributed by atoms with Crippen LogP contribution in [0.5, 0.6) is 0 Å². The monoisotopic (exact) mass is 383 g/mol. The first kappa shape index (κ1) is 17.6. The molecule has 9 nitrogen and oxygen atoms in total. The predicted octanol–water partition coefficient (Wildman–Crippen LogP) is 1.93. The molecule has 0 fully saturated rings. The van der Waals surface area contributed by atoms with Crippen LogP contribution in [0.1, 0.15) is 23.2 Å². The van der Waals surface area contributed by atoms with Crippen LogP contribution in [0.25, 0.3) is 16.7 Å². The van der Waals surface area contributed by atoms with Crippen molar-refractivity contribution in [1.29, 1.82) is 0 Å². The number of nitrogens with zero attached hydrogens (tertiary/aromatic N) is 5. The zero-order chi connectivity index (χ0) is 19.7. The van der Waals surface area contributed by atoms with Crippen molar-refractivity contribution in [2.75, 3.05) is 6.61 Å². The SMILES string of the molecule is CCOC(=O)c1cc(Cn2cnc3c(cnn3-c3ccc(F)cc3)c2=O)on1. The third-order valence-electron chi connectivity index (χ3n) is 4.00.